The fourth-order valence-corrected chi connectivity index (χ4v) is 6.63. The Morgan fingerprint density at radius 3 is 2.66 bits per heavy atom. The minimum absolute atomic E-state index is 0.123. The summed E-state index contributed by atoms with van der Waals surface area (Å²) in [6.45, 7) is 1.62. The standard InChI is InChI=1S/C28H26F2N4O4/c29-18-9-8-17-23(24(18)30)20-15-38-14-13-31(20)19-6-2-1-5-16(19)25(17)34-22-7-3-4-11-32(22)28(37)26-27(36)21(35)10-12-33(26)34/h1-2,5-6,8-10,12,20,22,25,36H,3-4,7,11,13-15H2. The topological polar surface area (TPSA) is 78.2 Å². The Morgan fingerprint density at radius 2 is 1.79 bits per heavy atom. The number of piperidine rings is 1. The van der Waals surface area contributed by atoms with E-state index in [4.69, 9.17) is 4.74 Å². The maximum atomic E-state index is 15.8. The third kappa shape index (κ3) is 3.16. The largest absolute Gasteiger partial charge is 0.502 e. The minimum Gasteiger partial charge on any atom is -0.502 e. The van der Waals surface area contributed by atoms with Crippen LogP contribution in [0.4, 0.5) is 14.5 Å². The van der Waals surface area contributed by atoms with Crippen LogP contribution < -0.4 is 15.3 Å². The lowest BCUT2D eigenvalue weighted by Crippen LogP contribution is -2.63. The molecule has 3 atom stereocenters. The Balaban J connectivity index is 1.56. The number of carbonyl (C=O) groups is 1. The van der Waals surface area contributed by atoms with Gasteiger partial charge in [-0.25, -0.2) is 8.78 Å². The molecule has 8 nitrogen and oxygen atoms in total. The molecule has 196 valence electrons. The van der Waals surface area contributed by atoms with Crippen molar-refractivity contribution in [3.63, 3.8) is 0 Å². The fourth-order valence-electron chi connectivity index (χ4n) is 6.63. The van der Waals surface area contributed by atoms with Crippen LogP contribution >= 0.6 is 0 Å². The van der Waals surface area contributed by atoms with Crippen LogP contribution in [0.2, 0.25) is 0 Å². The number of aromatic nitrogens is 1. The SMILES string of the molecule is O=C1c2c(O)c(=O)ccn2N(C2c3ccccc3N3CCOCC3c3c2ccc(F)c3F)C2CCCCN12. The summed E-state index contributed by atoms with van der Waals surface area (Å²) in [7, 11) is 0. The van der Waals surface area contributed by atoms with Crippen LogP contribution in [-0.2, 0) is 4.74 Å². The van der Waals surface area contributed by atoms with Gasteiger partial charge in [0.2, 0.25) is 5.43 Å². The molecule has 38 heavy (non-hydrogen) atoms. The lowest BCUT2D eigenvalue weighted by Gasteiger charge is -2.51. The summed E-state index contributed by atoms with van der Waals surface area (Å²) < 4.78 is 37.9. The van der Waals surface area contributed by atoms with Crippen molar-refractivity contribution < 1.29 is 23.4 Å². The lowest BCUT2D eigenvalue weighted by molar-refractivity contribution is 0.0462. The average Bonchev–Trinajstić information content (AvgIpc) is 3.06. The monoisotopic (exact) mass is 520 g/mol. The molecule has 0 radical (unpaired) electrons. The van der Waals surface area contributed by atoms with Crippen molar-refractivity contribution >= 4 is 11.6 Å². The van der Waals surface area contributed by atoms with Crippen molar-refractivity contribution in [1.29, 1.82) is 0 Å². The molecule has 2 fully saturated rings. The van der Waals surface area contributed by atoms with Crippen LogP contribution in [0, 0.1) is 11.6 Å². The predicted octanol–water partition coefficient (Wildman–Crippen LogP) is 3.42. The second kappa shape index (κ2) is 8.56. The quantitative estimate of drug-likeness (QED) is 0.530. The number of pyridine rings is 1. The number of nitrogens with zero attached hydrogens (tertiary/aromatic N) is 4. The van der Waals surface area contributed by atoms with E-state index in [0.717, 1.165) is 30.2 Å². The molecule has 0 aliphatic carbocycles. The van der Waals surface area contributed by atoms with E-state index in [9.17, 15) is 19.1 Å². The fraction of sp³-hybridized carbons (Fsp3) is 0.357. The maximum absolute atomic E-state index is 15.8. The highest BCUT2D eigenvalue weighted by molar-refractivity contribution is 5.96. The van der Waals surface area contributed by atoms with Gasteiger partial charge in [0.05, 0.1) is 19.3 Å². The third-order valence-corrected chi connectivity index (χ3v) is 8.27. The Morgan fingerprint density at radius 1 is 0.947 bits per heavy atom. The number of rotatable bonds is 1. The van der Waals surface area contributed by atoms with E-state index >= 15 is 4.39 Å². The Bertz CT molecular complexity index is 1530. The molecule has 1 N–H and O–H groups in total. The minimum atomic E-state index is -0.936. The molecule has 0 spiro atoms. The number of amides is 1. The molecular weight excluding hydrogens is 494 g/mol. The number of anilines is 1. The number of morpholine rings is 1. The van der Waals surface area contributed by atoms with Crippen LogP contribution in [0.1, 0.15) is 58.5 Å². The molecule has 10 heteroatoms. The number of ether oxygens (including phenoxy) is 1. The number of hydrogen-bond donors (Lipinski definition) is 1. The van der Waals surface area contributed by atoms with Gasteiger partial charge in [0.15, 0.2) is 23.1 Å². The molecule has 4 aliphatic rings. The first kappa shape index (κ1) is 23.2. The van der Waals surface area contributed by atoms with Gasteiger partial charge in [0.1, 0.15) is 12.2 Å². The summed E-state index contributed by atoms with van der Waals surface area (Å²) in [6.07, 6.45) is 3.37. The normalized spacial score (nSPS) is 24.1. The molecule has 2 saturated heterocycles. The molecule has 3 unspecified atom stereocenters. The van der Waals surface area contributed by atoms with Gasteiger partial charge in [-0.15, -0.1) is 0 Å². The third-order valence-electron chi connectivity index (χ3n) is 8.27. The first-order valence-corrected chi connectivity index (χ1v) is 12.9. The molecule has 2 aromatic carbocycles. The Labute approximate surface area is 217 Å². The zero-order valence-electron chi connectivity index (χ0n) is 20.5. The maximum Gasteiger partial charge on any atom is 0.278 e. The van der Waals surface area contributed by atoms with E-state index in [2.05, 4.69) is 4.90 Å². The Kier molecular flexibility index (Phi) is 5.23. The number of fused-ring (bicyclic) bond motifs is 7. The summed E-state index contributed by atoms with van der Waals surface area (Å²) in [4.78, 5) is 29.7. The molecule has 1 aromatic heterocycles. The molecule has 4 aliphatic heterocycles. The predicted molar refractivity (Wildman–Crippen MR) is 135 cm³/mol. The van der Waals surface area contributed by atoms with Crippen LogP contribution in [-0.4, -0.2) is 53.1 Å². The first-order valence-electron chi connectivity index (χ1n) is 12.9. The van der Waals surface area contributed by atoms with Crippen LogP contribution in [0.3, 0.4) is 0 Å². The smallest absolute Gasteiger partial charge is 0.278 e. The summed E-state index contributed by atoms with van der Waals surface area (Å²) in [6, 6.07) is 10.5. The van der Waals surface area contributed by atoms with E-state index < -0.39 is 47.0 Å². The van der Waals surface area contributed by atoms with Gasteiger partial charge in [-0.05, 0) is 37.0 Å². The zero-order chi connectivity index (χ0) is 26.1. The van der Waals surface area contributed by atoms with Crippen LogP contribution in [0.15, 0.2) is 53.5 Å². The Hall–Kier alpha value is -3.92. The van der Waals surface area contributed by atoms with Gasteiger partial charge < -0.3 is 19.6 Å². The van der Waals surface area contributed by atoms with E-state index in [1.807, 2.05) is 29.3 Å². The lowest BCUT2D eigenvalue weighted by atomic mass is 9.90. The molecule has 3 aromatic rings. The number of carbonyl (C=O) groups excluding carboxylic acids is 1. The van der Waals surface area contributed by atoms with Crippen molar-refractivity contribution in [2.45, 2.75) is 37.5 Å². The van der Waals surface area contributed by atoms with Gasteiger partial charge in [0.25, 0.3) is 5.91 Å². The van der Waals surface area contributed by atoms with Gasteiger partial charge in [-0.2, -0.15) is 0 Å². The highest BCUT2D eigenvalue weighted by Crippen LogP contribution is 2.48. The number of para-hydroxylation sites is 1. The summed E-state index contributed by atoms with van der Waals surface area (Å²) in [5.41, 5.74) is 1.73. The van der Waals surface area contributed by atoms with E-state index in [1.165, 1.54) is 12.3 Å². The van der Waals surface area contributed by atoms with Gasteiger partial charge in [0, 0.05) is 42.2 Å². The summed E-state index contributed by atoms with van der Waals surface area (Å²) in [5, 5.41) is 12.7. The zero-order valence-corrected chi connectivity index (χ0v) is 20.5. The molecule has 0 saturated carbocycles. The molecule has 7 rings (SSSR count). The van der Waals surface area contributed by atoms with E-state index in [0.29, 0.717) is 31.7 Å². The number of aromatic hydroxyl groups is 1. The van der Waals surface area contributed by atoms with Gasteiger partial charge in [-0.3, -0.25) is 19.3 Å². The number of halogens is 2. The average molecular weight is 521 g/mol. The molecular formula is C28H26F2N4O4. The van der Waals surface area contributed by atoms with Crippen molar-refractivity contribution in [3.8, 4) is 5.75 Å². The van der Waals surface area contributed by atoms with Crippen LogP contribution in [0.5, 0.6) is 5.75 Å². The highest BCUT2D eigenvalue weighted by Gasteiger charge is 2.47. The number of benzene rings is 2. The van der Waals surface area contributed by atoms with Crippen molar-refractivity contribution in [2.75, 3.05) is 36.2 Å². The molecule has 1 amide bonds. The first-order chi connectivity index (χ1) is 18.5. The summed E-state index contributed by atoms with van der Waals surface area (Å²) in [5.74, 6) is -2.89. The summed E-state index contributed by atoms with van der Waals surface area (Å²) >= 11 is 0. The van der Waals surface area contributed by atoms with Crippen molar-refractivity contribution in [3.05, 3.63) is 92.9 Å². The van der Waals surface area contributed by atoms with E-state index in [-0.39, 0.29) is 17.9 Å². The van der Waals surface area contributed by atoms with Gasteiger partial charge in [-0.1, -0.05) is 24.3 Å². The second-order valence-electron chi connectivity index (χ2n) is 10.2. The van der Waals surface area contributed by atoms with Crippen molar-refractivity contribution in [2.24, 2.45) is 0 Å². The van der Waals surface area contributed by atoms with Gasteiger partial charge >= 0.3 is 0 Å². The van der Waals surface area contributed by atoms with Crippen molar-refractivity contribution in [1.82, 2.24) is 9.58 Å². The highest BCUT2D eigenvalue weighted by atomic mass is 19.2. The molecule has 5 heterocycles. The second-order valence-corrected chi connectivity index (χ2v) is 10.2. The molecule has 0 bridgehead atoms. The van der Waals surface area contributed by atoms with Crippen LogP contribution in [0.25, 0.3) is 0 Å². The number of hydrogen-bond acceptors (Lipinski definition) is 6. The van der Waals surface area contributed by atoms with E-state index in [1.54, 1.807) is 15.6 Å².